The van der Waals surface area contributed by atoms with Crippen LogP contribution in [0.3, 0.4) is 0 Å². The van der Waals surface area contributed by atoms with Crippen molar-refractivity contribution < 1.29 is 0 Å². The predicted molar refractivity (Wildman–Crippen MR) is 60.9 cm³/mol. The summed E-state index contributed by atoms with van der Waals surface area (Å²) in [6.45, 7) is 4.00. The Bertz CT molecular complexity index is 197. The lowest BCUT2D eigenvalue weighted by molar-refractivity contribution is 0.832. The minimum atomic E-state index is 0. The lowest BCUT2D eigenvalue weighted by atomic mass is 10.1. The molecule has 1 saturated carbocycles. The average molecular weight is 178 g/mol. The van der Waals surface area contributed by atoms with Crippen molar-refractivity contribution in [2.24, 2.45) is 5.92 Å². The van der Waals surface area contributed by atoms with E-state index in [4.69, 9.17) is 0 Å². The second kappa shape index (κ2) is 6.71. The molecule has 0 spiro atoms. The molecule has 0 unspecified atom stereocenters. The van der Waals surface area contributed by atoms with E-state index < -0.39 is 0 Å². The molecule has 0 nitrogen and oxygen atoms in total. The van der Waals surface area contributed by atoms with Crippen LogP contribution < -0.4 is 0 Å². The Morgan fingerprint density at radius 2 is 1.62 bits per heavy atom. The fraction of sp³-hybridized carbons (Fsp3) is 0.538. The van der Waals surface area contributed by atoms with Gasteiger partial charge in [-0.1, -0.05) is 51.6 Å². The number of hydrogen-bond acceptors (Lipinski definition) is 0. The molecular weight excluding hydrogens is 156 g/mol. The highest BCUT2D eigenvalue weighted by Gasteiger charge is 2.20. The Labute approximate surface area is 83.0 Å². The van der Waals surface area contributed by atoms with E-state index >= 15 is 0 Å². The molecule has 0 atom stereocenters. The molecule has 1 aromatic carbocycles. The summed E-state index contributed by atoms with van der Waals surface area (Å²) in [7, 11) is 0. The van der Waals surface area contributed by atoms with Gasteiger partial charge in [-0.3, -0.25) is 0 Å². The van der Waals surface area contributed by atoms with Crippen molar-refractivity contribution in [1.82, 2.24) is 0 Å². The fourth-order valence-electron chi connectivity index (χ4n) is 1.27. The third kappa shape index (κ3) is 4.72. The molecule has 1 aliphatic carbocycles. The van der Waals surface area contributed by atoms with E-state index in [9.17, 15) is 0 Å². The van der Waals surface area contributed by atoms with Gasteiger partial charge in [0.2, 0.25) is 0 Å². The zero-order valence-electron chi connectivity index (χ0n) is 8.09. The molecule has 1 aliphatic rings. The van der Waals surface area contributed by atoms with Crippen LogP contribution in [0.15, 0.2) is 30.3 Å². The molecule has 1 aromatic rings. The van der Waals surface area contributed by atoms with Gasteiger partial charge in [-0.15, -0.1) is 0 Å². The molecule has 0 N–H and O–H groups in total. The Balaban J connectivity index is 0.000000451. The van der Waals surface area contributed by atoms with Crippen LogP contribution in [0.2, 0.25) is 0 Å². The van der Waals surface area contributed by atoms with E-state index in [2.05, 4.69) is 30.3 Å². The lowest BCUT2D eigenvalue weighted by Crippen LogP contribution is -1.84. The molecule has 0 saturated heterocycles. The van der Waals surface area contributed by atoms with Crippen LogP contribution in [0.5, 0.6) is 0 Å². The van der Waals surface area contributed by atoms with Crippen LogP contribution >= 0.6 is 0 Å². The highest BCUT2D eigenvalue weighted by Crippen LogP contribution is 2.32. The summed E-state index contributed by atoms with van der Waals surface area (Å²) in [6.07, 6.45) is 4.21. The first-order valence-electron chi connectivity index (χ1n) is 4.99. The molecule has 0 bridgehead atoms. The zero-order valence-corrected chi connectivity index (χ0v) is 8.09. The van der Waals surface area contributed by atoms with E-state index in [0.29, 0.717) is 0 Å². The van der Waals surface area contributed by atoms with Gasteiger partial charge in [0.15, 0.2) is 0 Å². The van der Waals surface area contributed by atoms with Crippen molar-refractivity contribution in [2.75, 3.05) is 0 Å². The number of rotatable bonds is 2. The Kier molecular flexibility index (Phi) is 6.30. The zero-order chi connectivity index (χ0) is 8.81. The topological polar surface area (TPSA) is 0 Å². The van der Waals surface area contributed by atoms with Crippen molar-refractivity contribution in [3.63, 3.8) is 0 Å². The van der Waals surface area contributed by atoms with Crippen LogP contribution in [0, 0.1) is 5.92 Å². The SMILES string of the molecule is C.CC.c1ccc(CC2CC2)cc1. The summed E-state index contributed by atoms with van der Waals surface area (Å²) < 4.78 is 0. The molecule has 0 radical (unpaired) electrons. The Hall–Kier alpha value is -0.780. The van der Waals surface area contributed by atoms with Crippen molar-refractivity contribution in [3.8, 4) is 0 Å². The largest absolute Gasteiger partial charge is 0.0776 e. The molecule has 0 heterocycles. The van der Waals surface area contributed by atoms with Gasteiger partial charge in [0, 0.05) is 0 Å². The van der Waals surface area contributed by atoms with Crippen molar-refractivity contribution in [2.45, 2.75) is 40.5 Å². The van der Waals surface area contributed by atoms with Crippen LogP contribution in [-0.2, 0) is 6.42 Å². The van der Waals surface area contributed by atoms with E-state index in [-0.39, 0.29) is 7.43 Å². The molecule has 74 valence electrons. The highest BCUT2D eigenvalue weighted by atomic mass is 14.3. The molecule has 1 fully saturated rings. The maximum Gasteiger partial charge on any atom is -0.0250 e. The van der Waals surface area contributed by atoms with Crippen LogP contribution in [-0.4, -0.2) is 0 Å². The number of benzene rings is 1. The van der Waals surface area contributed by atoms with Crippen LogP contribution in [0.25, 0.3) is 0 Å². The second-order valence-electron chi connectivity index (χ2n) is 3.13. The summed E-state index contributed by atoms with van der Waals surface area (Å²) in [5.74, 6) is 1.02. The number of hydrogen-bond donors (Lipinski definition) is 0. The summed E-state index contributed by atoms with van der Waals surface area (Å²) >= 11 is 0. The first kappa shape index (κ1) is 12.2. The minimum Gasteiger partial charge on any atom is -0.0776 e. The van der Waals surface area contributed by atoms with Crippen molar-refractivity contribution >= 4 is 0 Å². The van der Waals surface area contributed by atoms with Gasteiger partial charge in [-0.05, 0) is 30.7 Å². The first-order valence-corrected chi connectivity index (χ1v) is 4.99. The normalized spacial score (nSPS) is 13.7. The van der Waals surface area contributed by atoms with Gasteiger partial charge in [-0.25, -0.2) is 0 Å². The second-order valence-corrected chi connectivity index (χ2v) is 3.13. The summed E-state index contributed by atoms with van der Waals surface area (Å²) in [5, 5.41) is 0. The lowest BCUT2D eigenvalue weighted by Gasteiger charge is -1.95. The van der Waals surface area contributed by atoms with Gasteiger partial charge in [0.05, 0.1) is 0 Å². The minimum absolute atomic E-state index is 0. The molecule has 0 aromatic heterocycles. The quantitative estimate of drug-likeness (QED) is 0.633. The monoisotopic (exact) mass is 178 g/mol. The van der Waals surface area contributed by atoms with Crippen molar-refractivity contribution in [3.05, 3.63) is 35.9 Å². The van der Waals surface area contributed by atoms with Gasteiger partial charge in [0.25, 0.3) is 0 Å². The maximum atomic E-state index is 2.22. The molecule has 0 amide bonds. The molecule has 13 heavy (non-hydrogen) atoms. The molecule has 2 rings (SSSR count). The van der Waals surface area contributed by atoms with Gasteiger partial charge < -0.3 is 0 Å². The summed E-state index contributed by atoms with van der Waals surface area (Å²) in [6, 6.07) is 10.8. The Morgan fingerprint density at radius 3 is 2.08 bits per heavy atom. The molecule has 0 aliphatic heterocycles. The maximum absolute atomic E-state index is 2.22. The fourth-order valence-corrected chi connectivity index (χ4v) is 1.27. The third-order valence-electron chi connectivity index (χ3n) is 2.06. The van der Waals surface area contributed by atoms with Crippen molar-refractivity contribution in [1.29, 1.82) is 0 Å². The van der Waals surface area contributed by atoms with Gasteiger partial charge >= 0.3 is 0 Å². The standard InChI is InChI=1S/C10H12.C2H6.CH4/c1-2-4-9(5-3-1)8-10-6-7-10;1-2;/h1-5,10H,6-8H2;1-2H3;1H4. The van der Waals surface area contributed by atoms with Crippen LogP contribution in [0.4, 0.5) is 0 Å². The average Bonchev–Trinajstić information content (AvgIpc) is 2.94. The third-order valence-corrected chi connectivity index (χ3v) is 2.06. The smallest absolute Gasteiger partial charge is 0.0250 e. The predicted octanol–water partition coefficient (Wildman–Crippen LogP) is 4.30. The molecule has 0 heteroatoms. The van der Waals surface area contributed by atoms with E-state index in [1.54, 1.807) is 0 Å². The summed E-state index contributed by atoms with van der Waals surface area (Å²) in [5.41, 5.74) is 1.50. The van der Waals surface area contributed by atoms with E-state index in [1.807, 2.05) is 13.8 Å². The van der Waals surface area contributed by atoms with Gasteiger partial charge in [0.1, 0.15) is 0 Å². The first-order chi connectivity index (χ1) is 5.95. The Morgan fingerprint density at radius 1 is 1.08 bits per heavy atom. The van der Waals surface area contributed by atoms with E-state index in [1.165, 1.54) is 24.8 Å². The highest BCUT2D eigenvalue weighted by molar-refractivity contribution is 5.15. The van der Waals surface area contributed by atoms with E-state index in [0.717, 1.165) is 5.92 Å². The molecular formula is C13H22. The van der Waals surface area contributed by atoms with Crippen LogP contribution in [0.1, 0.15) is 39.7 Å². The van der Waals surface area contributed by atoms with Gasteiger partial charge in [-0.2, -0.15) is 0 Å². The summed E-state index contributed by atoms with van der Waals surface area (Å²) in [4.78, 5) is 0.